The van der Waals surface area contributed by atoms with Crippen molar-refractivity contribution in [3.05, 3.63) is 75.9 Å². The first-order valence-electron chi connectivity index (χ1n) is 11.5. The minimum atomic E-state index is -4.55. The highest BCUT2D eigenvalue weighted by Gasteiger charge is 2.31. The molecule has 2 amide bonds. The summed E-state index contributed by atoms with van der Waals surface area (Å²) in [5.41, 5.74) is 8.04. The van der Waals surface area contributed by atoms with Gasteiger partial charge in [0.15, 0.2) is 5.13 Å². The molecule has 2 aromatic carbocycles. The number of halogens is 3. The van der Waals surface area contributed by atoms with Gasteiger partial charge in [-0.1, -0.05) is 17.4 Å². The van der Waals surface area contributed by atoms with Crippen molar-refractivity contribution < 1.29 is 27.5 Å². The summed E-state index contributed by atoms with van der Waals surface area (Å²) in [5, 5.41) is 7.12. The van der Waals surface area contributed by atoms with Crippen LogP contribution in [0.4, 0.5) is 34.5 Å². The van der Waals surface area contributed by atoms with E-state index < -0.39 is 23.7 Å². The lowest BCUT2D eigenvalue weighted by atomic mass is 10.1. The number of amides is 2. The van der Waals surface area contributed by atoms with Crippen LogP contribution in [0.5, 0.6) is 0 Å². The van der Waals surface area contributed by atoms with Crippen LogP contribution >= 0.6 is 11.3 Å². The van der Waals surface area contributed by atoms with Crippen LogP contribution < -0.4 is 26.6 Å². The van der Waals surface area contributed by atoms with Gasteiger partial charge in [-0.25, -0.2) is 9.78 Å². The highest BCUT2D eigenvalue weighted by Crippen LogP contribution is 2.33. The molecule has 4 N–H and O–H groups in total. The molecule has 10 nitrogen and oxygen atoms in total. The van der Waals surface area contributed by atoms with Crippen molar-refractivity contribution in [2.75, 3.05) is 36.8 Å². The molecule has 1 aliphatic rings. The molecule has 0 spiro atoms. The van der Waals surface area contributed by atoms with Gasteiger partial charge in [0.1, 0.15) is 0 Å². The molecule has 0 aliphatic carbocycles. The smallest absolute Gasteiger partial charge is 0.416 e. The van der Waals surface area contributed by atoms with Crippen molar-refractivity contribution in [3.63, 3.8) is 0 Å². The van der Waals surface area contributed by atoms with Gasteiger partial charge in [0, 0.05) is 30.2 Å². The third-order valence-electron chi connectivity index (χ3n) is 5.54. The Kier molecular flexibility index (Phi) is 8.09. The molecule has 2 heterocycles. The number of carbonyl (C=O) groups excluding carboxylic acids is 2. The second-order valence-electron chi connectivity index (χ2n) is 8.91. The van der Waals surface area contributed by atoms with Gasteiger partial charge in [0.2, 0.25) is 0 Å². The molecule has 1 aromatic heterocycles. The maximum absolute atomic E-state index is 13.5. The number of methoxy groups -OCH3 is 1. The zero-order valence-electron chi connectivity index (χ0n) is 21.4. The molecule has 4 rings (SSSR count). The van der Waals surface area contributed by atoms with Crippen molar-refractivity contribution in [1.29, 1.82) is 0 Å². The summed E-state index contributed by atoms with van der Waals surface area (Å²) < 4.78 is 45.0. The van der Waals surface area contributed by atoms with Crippen LogP contribution in [-0.2, 0) is 17.5 Å². The van der Waals surface area contributed by atoms with Gasteiger partial charge in [-0.05, 0) is 62.5 Å². The molecule has 39 heavy (non-hydrogen) atoms. The van der Waals surface area contributed by atoms with E-state index in [1.807, 2.05) is 6.92 Å². The number of nitrogens with one attached hydrogen (secondary N) is 4. The summed E-state index contributed by atoms with van der Waals surface area (Å²) in [7, 11) is 4.76. The Labute approximate surface area is 226 Å². The second kappa shape index (κ2) is 11.3. The lowest BCUT2D eigenvalue weighted by Crippen LogP contribution is -2.36. The molecule has 14 heteroatoms. The van der Waals surface area contributed by atoms with Crippen LogP contribution in [0.25, 0.3) is 5.70 Å². The highest BCUT2D eigenvalue weighted by molar-refractivity contribution is 7.16. The van der Waals surface area contributed by atoms with Gasteiger partial charge < -0.3 is 20.4 Å². The number of hydrazine groups is 2. The number of alkyl halides is 3. The number of carbonyl (C=O) groups is 2. The summed E-state index contributed by atoms with van der Waals surface area (Å²) >= 11 is 1.22. The standard InChI is InChI=1S/C25H26F3N7O3S/c1-14-5-6-16(22(36)30-18-8-15(12-34(2)3)7-17(10-18)25(26,27)28)9-20(14)35-13-19(32-33-35)21-11-29-23(39-21)31-24(37)38-4/h5-11,13,32-33H,12H2,1-4H3,(H,30,36)(H,29,31,37). The molecule has 0 bridgehead atoms. The molecule has 0 saturated carbocycles. The Morgan fingerprint density at radius 2 is 1.92 bits per heavy atom. The van der Waals surface area contributed by atoms with Crippen LogP contribution in [0, 0.1) is 6.92 Å². The number of aryl methyl sites for hydroxylation is 1. The van der Waals surface area contributed by atoms with Crippen molar-refractivity contribution in [2.24, 2.45) is 0 Å². The SMILES string of the molecule is COC(=O)Nc1ncc(C2=CN(c3cc(C(=O)Nc4cc(CN(C)C)cc(C(F)(F)F)c4)ccc3C)NN2)s1. The van der Waals surface area contributed by atoms with Gasteiger partial charge >= 0.3 is 12.3 Å². The zero-order valence-corrected chi connectivity index (χ0v) is 22.3. The van der Waals surface area contributed by atoms with E-state index >= 15 is 0 Å². The molecule has 0 fully saturated rings. The van der Waals surface area contributed by atoms with Gasteiger partial charge in [0.05, 0.1) is 28.9 Å². The number of benzene rings is 2. The minimum Gasteiger partial charge on any atom is -0.453 e. The summed E-state index contributed by atoms with van der Waals surface area (Å²) in [6.45, 7) is 2.14. The number of ether oxygens (including phenoxy) is 1. The maximum Gasteiger partial charge on any atom is 0.416 e. The summed E-state index contributed by atoms with van der Waals surface area (Å²) in [6, 6.07) is 8.50. The predicted octanol–water partition coefficient (Wildman–Crippen LogP) is 4.79. The first-order valence-corrected chi connectivity index (χ1v) is 12.4. The van der Waals surface area contributed by atoms with Crippen LogP contribution in [0.15, 0.2) is 48.8 Å². The summed E-state index contributed by atoms with van der Waals surface area (Å²) in [6.07, 6.45) is -1.85. The Hall–Kier alpha value is -4.14. The molecule has 0 saturated heterocycles. The molecular weight excluding hydrogens is 535 g/mol. The van der Waals surface area contributed by atoms with E-state index in [1.54, 1.807) is 54.6 Å². The van der Waals surface area contributed by atoms with E-state index in [-0.39, 0.29) is 17.8 Å². The van der Waals surface area contributed by atoms with Crippen LogP contribution in [0.2, 0.25) is 0 Å². The summed E-state index contributed by atoms with van der Waals surface area (Å²) in [5.74, 6) is -0.552. The fraction of sp³-hybridized carbons (Fsp3) is 0.240. The van der Waals surface area contributed by atoms with E-state index in [9.17, 15) is 22.8 Å². The first-order chi connectivity index (χ1) is 18.4. The average Bonchev–Trinajstić information content (AvgIpc) is 3.53. The van der Waals surface area contributed by atoms with Crippen LogP contribution in [0.3, 0.4) is 0 Å². The van der Waals surface area contributed by atoms with Crippen molar-refractivity contribution >= 4 is 45.5 Å². The van der Waals surface area contributed by atoms with Crippen molar-refractivity contribution in [2.45, 2.75) is 19.6 Å². The number of nitrogens with zero attached hydrogens (tertiary/aromatic N) is 3. The second-order valence-corrected chi connectivity index (χ2v) is 9.94. The van der Waals surface area contributed by atoms with Gasteiger partial charge in [-0.3, -0.25) is 15.1 Å². The number of aromatic nitrogens is 1. The van der Waals surface area contributed by atoms with Gasteiger partial charge in [-0.2, -0.15) is 13.2 Å². The Morgan fingerprint density at radius 1 is 1.15 bits per heavy atom. The molecule has 0 radical (unpaired) electrons. The lowest BCUT2D eigenvalue weighted by Gasteiger charge is -2.19. The zero-order chi connectivity index (χ0) is 28.3. The third kappa shape index (κ3) is 6.85. The van der Waals surface area contributed by atoms with E-state index in [0.717, 1.165) is 22.6 Å². The number of anilines is 3. The summed E-state index contributed by atoms with van der Waals surface area (Å²) in [4.78, 5) is 31.1. The number of rotatable bonds is 7. The number of hydrogen-bond donors (Lipinski definition) is 4. The fourth-order valence-electron chi connectivity index (χ4n) is 3.76. The number of hydrogen-bond acceptors (Lipinski definition) is 9. The molecule has 3 aromatic rings. The minimum absolute atomic E-state index is 0.0542. The normalized spacial score (nSPS) is 13.2. The van der Waals surface area contributed by atoms with E-state index in [2.05, 4.69) is 31.3 Å². The predicted molar refractivity (Wildman–Crippen MR) is 143 cm³/mol. The monoisotopic (exact) mass is 561 g/mol. The Morgan fingerprint density at radius 3 is 2.62 bits per heavy atom. The molecular formula is C25H26F3N7O3S. The molecule has 206 valence electrons. The largest absolute Gasteiger partial charge is 0.453 e. The topological polar surface area (TPSA) is 111 Å². The Balaban J connectivity index is 1.54. The van der Waals surface area contributed by atoms with Crippen molar-refractivity contribution in [3.8, 4) is 0 Å². The van der Waals surface area contributed by atoms with Crippen LogP contribution in [-0.4, -0.2) is 43.1 Å². The molecule has 1 aliphatic heterocycles. The lowest BCUT2D eigenvalue weighted by molar-refractivity contribution is -0.137. The fourth-order valence-corrected chi connectivity index (χ4v) is 4.53. The number of thiazole rings is 1. The highest BCUT2D eigenvalue weighted by atomic mass is 32.1. The van der Waals surface area contributed by atoms with E-state index in [4.69, 9.17) is 0 Å². The van der Waals surface area contributed by atoms with Gasteiger partial charge in [0.25, 0.3) is 5.91 Å². The van der Waals surface area contributed by atoms with Crippen molar-refractivity contribution in [1.82, 2.24) is 20.8 Å². The van der Waals surface area contributed by atoms with Gasteiger partial charge in [-0.15, -0.1) is 5.53 Å². The van der Waals surface area contributed by atoms with E-state index in [0.29, 0.717) is 22.1 Å². The quantitative estimate of drug-likeness (QED) is 0.326. The molecule has 0 unspecified atom stereocenters. The maximum atomic E-state index is 13.5. The molecule has 0 atom stereocenters. The van der Waals surface area contributed by atoms with E-state index in [1.165, 1.54) is 24.5 Å². The Bertz CT molecular complexity index is 1420. The van der Waals surface area contributed by atoms with Crippen LogP contribution in [0.1, 0.15) is 31.9 Å². The average molecular weight is 562 g/mol. The third-order valence-corrected chi connectivity index (χ3v) is 6.49. The first kappa shape index (κ1) is 27.9.